The Morgan fingerprint density at radius 1 is 1.21 bits per heavy atom. The molecular formula is C21H36N4O3S. The first-order chi connectivity index (χ1) is 13.9. The van der Waals surface area contributed by atoms with Crippen LogP contribution in [0.1, 0.15) is 65.5 Å². The zero-order valence-corrected chi connectivity index (χ0v) is 19.1. The molecular weight excluding hydrogens is 388 g/mol. The van der Waals surface area contributed by atoms with Gasteiger partial charge < -0.3 is 15.0 Å². The van der Waals surface area contributed by atoms with E-state index >= 15 is 0 Å². The number of anilines is 1. The molecule has 2 unspecified atom stereocenters. The van der Waals surface area contributed by atoms with Crippen LogP contribution in [0.25, 0.3) is 0 Å². The molecule has 1 saturated heterocycles. The molecule has 0 saturated carbocycles. The molecule has 2 rings (SSSR count). The van der Waals surface area contributed by atoms with E-state index in [1.54, 1.807) is 0 Å². The summed E-state index contributed by atoms with van der Waals surface area (Å²) in [7, 11) is 0. The Balaban J connectivity index is 1.72. The Labute approximate surface area is 178 Å². The number of morpholine rings is 1. The third kappa shape index (κ3) is 8.40. The average Bonchev–Trinajstić information content (AvgIpc) is 3.07. The van der Waals surface area contributed by atoms with Crippen molar-refractivity contribution in [3.05, 3.63) is 11.1 Å². The fourth-order valence-electron chi connectivity index (χ4n) is 3.72. The third-order valence-electron chi connectivity index (χ3n) is 4.81. The number of nitrogens with one attached hydrogen (secondary N) is 1. The van der Waals surface area contributed by atoms with Gasteiger partial charge in [-0.1, -0.05) is 13.8 Å². The lowest BCUT2D eigenvalue weighted by atomic mass is 10.2. The van der Waals surface area contributed by atoms with Crippen molar-refractivity contribution in [2.24, 2.45) is 0 Å². The molecule has 164 valence electrons. The fraction of sp³-hybridized carbons (Fsp3) is 0.762. The number of carbonyl (C=O) groups is 2. The van der Waals surface area contributed by atoms with Gasteiger partial charge in [0.2, 0.25) is 11.8 Å². The molecule has 0 bridgehead atoms. The molecule has 1 aromatic heterocycles. The number of hydrogen-bond donors (Lipinski definition) is 1. The fourth-order valence-corrected chi connectivity index (χ4v) is 4.44. The van der Waals surface area contributed by atoms with Crippen molar-refractivity contribution in [2.75, 3.05) is 31.5 Å². The first-order valence-electron chi connectivity index (χ1n) is 10.8. The molecule has 1 aliphatic rings. The Morgan fingerprint density at radius 3 is 2.48 bits per heavy atom. The minimum absolute atomic E-state index is 0.0788. The number of aromatic nitrogens is 1. The number of thiazole rings is 1. The number of rotatable bonds is 11. The molecule has 8 heteroatoms. The van der Waals surface area contributed by atoms with E-state index < -0.39 is 0 Å². The van der Waals surface area contributed by atoms with Crippen LogP contribution in [0.3, 0.4) is 0 Å². The summed E-state index contributed by atoms with van der Waals surface area (Å²) < 4.78 is 5.76. The van der Waals surface area contributed by atoms with Crippen LogP contribution in [0.2, 0.25) is 0 Å². The summed E-state index contributed by atoms with van der Waals surface area (Å²) >= 11 is 1.45. The molecule has 1 fully saturated rings. The highest BCUT2D eigenvalue weighted by atomic mass is 32.1. The highest BCUT2D eigenvalue weighted by molar-refractivity contribution is 7.13. The van der Waals surface area contributed by atoms with Crippen LogP contribution in [0.4, 0.5) is 5.13 Å². The quantitative estimate of drug-likeness (QED) is 0.588. The lowest BCUT2D eigenvalue weighted by Gasteiger charge is -2.34. The van der Waals surface area contributed by atoms with Gasteiger partial charge in [-0.3, -0.25) is 14.5 Å². The Bertz CT molecular complexity index is 636. The number of carbonyl (C=O) groups excluding carboxylic acids is 2. The molecule has 1 N–H and O–H groups in total. The molecule has 2 amide bonds. The van der Waals surface area contributed by atoms with Gasteiger partial charge in [0.15, 0.2) is 5.13 Å². The van der Waals surface area contributed by atoms with Crippen LogP contribution in [0.15, 0.2) is 5.38 Å². The summed E-state index contributed by atoms with van der Waals surface area (Å²) in [6.07, 6.45) is 3.70. The minimum Gasteiger partial charge on any atom is -0.373 e. The molecule has 0 radical (unpaired) electrons. The monoisotopic (exact) mass is 424 g/mol. The van der Waals surface area contributed by atoms with E-state index in [0.717, 1.165) is 51.3 Å². The summed E-state index contributed by atoms with van der Waals surface area (Å²) in [6.45, 7) is 12.5. The molecule has 0 spiro atoms. The van der Waals surface area contributed by atoms with E-state index in [0.29, 0.717) is 24.4 Å². The first-order valence-corrected chi connectivity index (χ1v) is 11.7. The smallest absolute Gasteiger partial charge is 0.226 e. The predicted octanol–water partition coefficient (Wildman–Crippen LogP) is 3.51. The Kier molecular flexibility index (Phi) is 10.0. The molecule has 2 atom stereocenters. The molecule has 2 heterocycles. The van der Waals surface area contributed by atoms with Gasteiger partial charge in [-0.25, -0.2) is 4.98 Å². The molecule has 29 heavy (non-hydrogen) atoms. The number of ether oxygens (including phenoxy) is 1. The Morgan fingerprint density at radius 2 is 1.86 bits per heavy atom. The van der Waals surface area contributed by atoms with E-state index in [1.807, 2.05) is 10.3 Å². The second kappa shape index (κ2) is 12.2. The van der Waals surface area contributed by atoms with Crippen molar-refractivity contribution in [3.8, 4) is 0 Å². The summed E-state index contributed by atoms with van der Waals surface area (Å²) in [5, 5.41) is 5.50. The van der Waals surface area contributed by atoms with Gasteiger partial charge in [-0.2, -0.15) is 0 Å². The molecule has 0 aromatic carbocycles. The van der Waals surface area contributed by atoms with E-state index in [4.69, 9.17) is 4.74 Å². The van der Waals surface area contributed by atoms with Gasteiger partial charge in [0.25, 0.3) is 0 Å². The minimum atomic E-state index is -0.0788. The predicted molar refractivity (Wildman–Crippen MR) is 117 cm³/mol. The average molecular weight is 425 g/mol. The lowest BCUT2D eigenvalue weighted by molar-refractivity contribution is -0.131. The second-order valence-corrected chi connectivity index (χ2v) is 8.74. The van der Waals surface area contributed by atoms with Crippen LogP contribution in [-0.4, -0.2) is 65.0 Å². The van der Waals surface area contributed by atoms with Gasteiger partial charge in [0.1, 0.15) is 0 Å². The van der Waals surface area contributed by atoms with Crippen molar-refractivity contribution < 1.29 is 14.3 Å². The van der Waals surface area contributed by atoms with Gasteiger partial charge in [-0.15, -0.1) is 11.3 Å². The topological polar surface area (TPSA) is 74.8 Å². The largest absolute Gasteiger partial charge is 0.373 e. The van der Waals surface area contributed by atoms with Crippen LogP contribution in [0, 0.1) is 0 Å². The van der Waals surface area contributed by atoms with E-state index in [9.17, 15) is 9.59 Å². The van der Waals surface area contributed by atoms with Crippen molar-refractivity contribution in [1.82, 2.24) is 14.8 Å². The van der Waals surface area contributed by atoms with E-state index in [1.165, 1.54) is 11.3 Å². The highest BCUT2D eigenvalue weighted by Crippen LogP contribution is 2.19. The third-order valence-corrected chi connectivity index (χ3v) is 5.62. The molecule has 1 aliphatic heterocycles. The second-order valence-electron chi connectivity index (χ2n) is 7.88. The maximum absolute atomic E-state index is 12.3. The van der Waals surface area contributed by atoms with Crippen molar-refractivity contribution >= 4 is 28.3 Å². The lowest BCUT2D eigenvalue weighted by Crippen LogP contribution is -2.44. The maximum Gasteiger partial charge on any atom is 0.226 e. The first kappa shape index (κ1) is 23.8. The van der Waals surface area contributed by atoms with Crippen LogP contribution in [0.5, 0.6) is 0 Å². The number of amides is 2. The molecule has 1 aromatic rings. The van der Waals surface area contributed by atoms with Crippen molar-refractivity contribution in [2.45, 2.75) is 78.6 Å². The van der Waals surface area contributed by atoms with Gasteiger partial charge in [0.05, 0.1) is 17.9 Å². The van der Waals surface area contributed by atoms with Gasteiger partial charge >= 0.3 is 0 Å². The number of nitrogens with zero attached hydrogens (tertiary/aromatic N) is 3. The zero-order valence-electron chi connectivity index (χ0n) is 18.3. The van der Waals surface area contributed by atoms with Crippen LogP contribution < -0.4 is 5.32 Å². The highest BCUT2D eigenvalue weighted by Gasteiger charge is 2.22. The standard InChI is InChI=1S/C21H36N4O3S/c1-5-10-25(11-6-2)20(27)9-7-8-19(26)23-21-22-18(15-29-21)14-24-12-16(3)28-17(4)13-24/h15-17H,5-14H2,1-4H3,(H,22,23,26). The summed E-state index contributed by atoms with van der Waals surface area (Å²) in [6, 6.07) is 0. The van der Waals surface area contributed by atoms with Crippen molar-refractivity contribution in [1.29, 1.82) is 0 Å². The van der Waals surface area contributed by atoms with E-state index in [2.05, 4.69) is 42.9 Å². The van der Waals surface area contributed by atoms with Gasteiger partial charge in [-0.05, 0) is 33.1 Å². The summed E-state index contributed by atoms with van der Waals surface area (Å²) in [5.74, 6) is 0.0665. The van der Waals surface area contributed by atoms with E-state index in [-0.39, 0.29) is 24.0 Å². The van der Waals surface area contributed by atoms with Gasteiger partial charge in [0, 0.05) is 50.9 Å². The van der Waals surface area contributed by atoms with Crippen LogP contribution >= 0.6 is 11.3 Å². The Hall–Kier alpha value is -1.51. The number of hydrogen-bond acceptors (Lipinski definition) is 6. The van der Waals surface area contributed by atoms with Crippen molar-refractivity contribution in [3.63, 3.8) is 0 Å². The zero-order chi connectivity index (χ0) is 21.2. The summed E-state index contributed by atoms with van der Waals surface area (Å²) in [5.41, 5.74) is 0.969. The summed E-state index contributed by atoms with van der Waals surface area (Å²) in [4.78, 5) is 33.3. The molecule has 0 aliphatic carbocycles. The normalized spacial score (nSPS) is 19.9. The SMILES string of the molecule is CCCN(CCC)C(=O)CCCC(=O)Nc1nc(CN2CC(C)OC(C)C2)cs1. The molecule has 7 nitrogen and oxygen atoms in total. The van der Waals surface area contributed by atoms with Crippen LogP contribution in [-0.2, 0) is 20.9 Å². The maximum atomic E-state index is 12.3.